The van der Waals surface area contributed by atoms with E-state index in [4.69, 9.17) is 28.7 Å². The van der Waals surface area contributed by atoms with Crippen molar-refractivity contribution in [2.24, 2.45) is 0 Å². The molecule has 38 heavy (non-hydrogen) atoms. The summed E-state index contributed by atoms with van der Waals surface area (Å²) in [6.07, 6.45) is 0. The molecule has 1 aliphatic heterocycles. The van der Waals surface area contributed by atoms with Crippen LogP contribution in [-0.4, -0.2) is 33.3 Å². The van der Waals surface area contributed by atoms with Crippen molar-refractivity contribution in [3.05, 3.63) is 84.9 Å². The highest BCUT2D eigenvalue weighted by Crippen LogP contribution is 2.39. The lowest BCUT2D eigenvalue weighted by atomic mass is 9.89. The van der Waals surface area contributed by atoms with Crippen molar-refractivity contribution in [1.29, 1.82) is 0 Å². The summed E-state index contributed by atoms with van der Waals surface area (Å²) in [5.74, 6) is 1.07. The second kappa shape index (κ2) is 8.22. The van der Waals surface area contributed by atoms with Gasteiger partial charge in [0.1, 0.15) is 11.2 Å². The SMILES string of the molecule is CC1(C)OB(c2nc(-c3ccccc3)nc(-c3cccc4c3oc3ccc5ccccc5c34)n2)OC1(C)C. The van der Waals surface area contributed by atoms with Gasteiger partial charge in [0.05, 0.1) is 16.8 Å². The Morgan fingerprint density at radius 1 is 0.632 bits per heavy atom. The van der Waals surface area contributed by atoms with Crippen molar-refractivity contribution in [2.75, 3.05) is 0 Å². The zero-order valence-corrected chi connectivity index (χ0v) is 21.7. The van der Waals surface area contributed by atoms with Crippen LogP contribution in [0.25, 0.3) is 55.5 Å². The number of nitrogens with zero attached hydrogens (tertiary/aromatic N) is 3. The maximum atomic E-state index is 6.46. The number of aromatic nitrogens is 3. The normalized spacial score (nSPS) is 16.6. The van der Waals surface area contributed by atoms with Crippen LogP contribution in [0, 0.1) is 0 Å². The van der Waals surface area contributed by atoms with Gasteiger partial charge in [0, 0.05) is 16.3 Å². The number of furan rings is 1. The van der Waals surface area contributed by atoms with E-state index in [1.54, 1.807) is 0 Å². The van der Waals surface area contributed by atoms with Gasteiger partial charge in [-0.1, -0.05) is 72.8 Å². The van der Waals surface area contributed by atoms with Gasteiger partial charge in [-0.15, -0.1) is 0 Å². The van der Waals surface area contributed by atoms with Crippen LogP contribution in [0.2, 0.25) is 0 Å². The molecule has 7 rings (SSSR count). The molecular weight excluding hydrogens is 473 g/mol. The van der Waals surface area contributed by atoms with Crippen molar-refractivity contribution < 1.29 is 13.7 Å². The van der Waals surface area contributed by atoms with Gasteiger partial charge < -0.3 is 13.7 Å². The lowest BCUT2D eigenvalue weighted by molar-refractivity contribution is 0.00578. The van der Waals surface area contributed by atoms with Gasteiger partial charge in [-0.05, 0) is 50.6 Å². The smallest absolute Gasteiger partial charge is 0.455 e. The average molecular weight is 499 g/mol. The molecule has 3 heterocycles. The van der Waals surface area contributed by atoms with Crippen molar-refractivity contribution in [1.82, 2.24) is 15.0 Å². The fraction of sp³-hybridized carbons (Fsp3) is 0.194. The average Bonchev–Trinajstić information content (AvgIpc) is 3.42. The fourth-order valence-corrected chi connectivity index (χ4v) is 5.03. The molecule has 186 valence electrons. The Bertz CT molecular complexity index is 1830. The first kappa shape index (κ1) is 23.1. The van der Waals surface area contributed by atoms with Crippen molar-refractivity contribution in [3.63, 3.8) is 0 Å². The Hall–Kier alpha value is -4.07. The van der Waals surface area contributed by atoms with Gasteiger partial charge in [-0.2, -0.15) is 0 Å². The first-order chi connectivity index (χ1) is 18.3. The molecule has 0 amide bonds. The third kappa shape index (κ3) is 3.54. The second-order valence-corrected chi connectivity index (χ2v) is 10.7. The number of hydrogen-bond donors (Lipinski definition) is 0. The molecule has 4 aromatic carbocycles. The van der Waals surface area contributed by atoms with Crippen LogP contribution in [0.1, 0.15) is 27.7 Å². The molecule has 0 aliphatic carbocycles. The van der Waals surface area contributed by atoms with E-state index in [1.165, 1.54) is 5.39 Å². The molecule has 0 radical (unpaired) electrons. The zero-order valence-electron chi connectivity index (χ0n) is 21.7. The molecule has 0 spiro atoms. The predicted molar refractivity (Wildman–Crippen MR) is 151 cm³/mol. The van der Waals surface area contributed by atoms with Crippen LogP contribution in [-0.2, 0) is 9.31 Å². The number of benzene rings is 4. The molecule has 0 N–H and O–H groups in total. The maximum Gasteiger partial charge on any atom is 0.534 e. The van der Waals surface area contributed by atoms with E-state index >= 15 is 0 Å². The summed E-state index contributed by atoms with van der Waals surface area (Å²) >= 11 is 0. The number of para-hydroxylation sites is 1. The maximum absolute atomic E-state index is 6.46. The minimum Gasteiger partial charge on any atom is -0.455 e. The third-order valence-electron chi connectivity index (χ3n) is 7.78. The highest BCUT2D eigenvalue weighted by atomic mass is 16.7. The van der Waals surface area contributed by atoms with Crippen LogP contribution in [0.4, 0.5) is 0 Å². The molecule has 6 nitrogen and oxygen atoms in total. The highest BCUT2D eigenvalue weighted by Gasteiger charge is 2.53. The Kier molecular flexibility index (Phi) is 4.99. The van der Waals surface area contributed by atoms with Crippen LogP contribution in [0.15, 0.2) is 89.3 Å². The van der Waals surface area contributed by atoms with Gasteiger partial charge in [0.2, 0.25) is 0 Å². The van der Waals surface area contributed by atoms with Gasteiger partial charge in [0.15, 0.2) is 17.4 Å². The number of fused-ring (bicyclic) bond motifs is 5. The summed E-state index contributed by atoms with van der Waals surface area (Å²) in [5, 5.41) is 4.43. The van der Waals surface area contributed by atoms with Crippen LogP contribution in [0.3, 0.4) is 0 Å². The minimum absolute atomic E-state index is 0.436. The molecule has 0 saturated carbocycles. The minimum atomic E-state index is -0.719. The summed E-state index contributed by atoms with van der Waals surface area (Å²) in [6, 6.07) is 28.5. The van der Waals surface area contributed by atoms with Gasteiger partial charge in [-0.25, -0.2) is 15.0 Å². The van der Waals surface area contributed by atoms with Crippen molar-refractivity contribution >= 4 is 45.6 Å². The Morgan fingerprint density at radius 2 is 1.32 bits per heavy atom. The molecule has 0 atom stereocenters. The molecule has 1 saturated heterocycles. The van der Waals surface area contributed by atoms with E-state index in [-0.39, 0.29) is 0 Å². The van der Waals surface area contributed by atoms with E-state index in [9.17, 15) is 0 Å². The fourth-order valence-electron chi connectivity index (χ4n) is 5.03. The van der Waals surface area contributed by atoms with E-state index in [2.05, 4.69) is 36.4 Å². The van der Waals surface area contributed by atoms with E-state index in [1.807, 2.05) is 76.2 Å². The molecule has 0 unspecified atom stereocenters. The van der Waals surface area contributed by atoms with Crippen molar-refractivity contribution in [2.45, 2.75) is 38.9 Å². The number of hydrogen-bond acceptors (Lipinski definition) is 6. The molecule has 6 aromatic rings. The second-order valence-electron chi connectivity index (χ2n) is 10.7. The van der Waals surface area contributed by atoms with E-state index in [0.29, 0.717) is 17.4 Å². The topological polar surface area (TPSA) is 70.3 Å². The predicted octanol–water partition coefficient (Wildman–Crippen LogP) is 6.56. The van der Waals surface area contributed by atoms with Crippen LogP contribution < -0.4 is 5.72 Å². The van der Waals surface area contributed by atoms with Gasteiger partial charge >= 0.3 is 7.12 Å². The first-order valence-electron chi connectivity index (χ1n) is 12.8. The van der Waals surface area contributed by atoms with Crippen molar-refractivity contribution in [3.8, 4) is 22.8 Å². The van der Waals surface area contributed by atoms with Gasteiger partial charge in [-0.3, -0.25) is 0 Å². The Morgan fingerprint density at radius 3 is 2.11 bits per heavy atom. The van der Waals surface area contributed by atoms with E-state index in [0.717, 1.165) is 38.5 Å². The molecule has 1 fully saturated rings. The Balaban J connectivity index is 1.46. The summed E-state index contributed by atoms with van der Waals surface area (Å²) < 4.78 is 19.1. The monoisotopic (exact) mass is 499 g/mol. The molecular formula is C31H26BN3O3. The third-order valence-corrected chi connectivity index (χ3v) is 7.78. The quantitative estimate of drug-likeness (QED) is 0.257. The Labute approximate surface area is 220 Å². The summed E-state index contributed by atoms with van der Waals surface area (Å²) in [7, 11) is -0.719. The zero-order chi connectivity index (χ0) is 26.1. The lowest BCUT2D eigenvalue weighted by Crippen LogP contribution is -2.41. The standard InChI is InChI=1S/C31H26BN3O3/c1-30(2)31(3,4)38-32(37-30)29-34-27(20-12-6-5-7-13-20)33-28(35-29)23-16-10-15-22-25-21-14-9-8-11-19(21)17-18-24(25)36-26(22)23/h5-18H,1-4H3. The molecule has 2 aromatic heterocycles. The summed E-state index contributed by atoms with van der Waals surface area (Å²) in [4.78, 5) is 14.6. The van der Waals surface area contributed by atoms with Crippen LogP contribution in [0.5, 0.6) is 0 Å². The highest BCUT2D eigenvalue weighted by molar-refractivity contribution is 6.60. The lowest BCUT2D eigenvalue weighted by Gasteiger charge is -2.32. The molecule has 1 aliphatic rings. The largest absolute Gasteiger partial charge is 0.534 e. The van der Waals surface area contributed by atoms with Crippen LogP contribution >= 0.6 is 0 Å². The van der Waals surface area contributed by atoms with Gasteiger partial charge in [0.25, 0.3) is 0 Å². The molecule has 7 heteroatoms. The summed E-state index contributed by atoms with van der Waals surface area (Å²) in [6.45, 7) is 8.08. The van der Waals surface area contributed by atoms with E-state index < -0.39 is 18.3 Å². The molecule has 0 bridgehead atoms. The summed E-state index contributed by atoms with van der Waals surface area (Å²) in [5.41, 5.74) is 2.65. The first-order valence-corrected chi connectivity index (χ1v) is 12.8. The number of rotatable bonds is 3.